The second-order valence-electron chi connectivity index (χ2n) is 9.78. The summed E-state index contributed by atoms with van der Waals surface area (Å²) in [4.78, 5) is 27.9. The highest BCUT2D eigenvalue weighted by Gasteiger charge is 2.30. The van der Waals surface area contributed by atoms with Gasteiger partial charge in [-0.05, 0) is 72.5 Å². The molecule has 208 valence electrons. The summed E-state index contributed by atoms with van der Waals surface area (Å²) >= 11 is 0. The Morgan fingerprint density at radius 2 is 1.66 bits per heavy atom. The highest BCUT2D eigenvalue weighted by Crippen LogP contribution is 2.36. The van der Waals surface area contributed by atoms with Crippen LogP contribution in [-0.4, -0.2) is 26.8 Å². The van der Waals surface area contributed by atoms with E-state index >= 15 is 0 Å². The molecule has 0 bridgehead atoms. The molecule has 0 unspecified atom stereocenters. The van der Waals surface area contributed by atoms with Crippen molar-refractivity contribution >= 4 is 33.6 Å². The molecule has 0 saturated heterocycles. The first-order valence-electron chi connectivity index (χ1n) is 13.0. The second-order valence-corrected chi connectivity index (χ2v) is 11.3. The highest BCUT2D eigenvalue weighted by molar-refractivity contribution is 7.89. The van der Waals surface area contributed by atoms with Gasteiger partial charge in [-0.25, -0.2) is 13.6 Å². The van der Waals surface area contributed by atoms with Gasteiger partial charge in [-0.15, -0.1) is 0 Å². The van der Waals surface area contributed by atoms with E-state index in [-0.39, 0.29) is 22.5 Å². The van der Waals surface area contributed by atoms with E-state index in [1.807, 2.05) is 49.4 Å². The number of para-hydroxylation sites is 2. The van der Waals surface area contributed by atoms with Crippen molar-refractivity contribution in [2.75, 3.05) is 11.4 Å². The van der Waals surface area contributed by atoms with Gasteiger partial charge >= 0.3 is 0 Å². The maximum Gasteiger partial charge on any atom is 0.294 e. The maximum absolute atomic E-state index is 13.5. The average Bonchev–Trinajstić information content (AvgIpc) is 2.95. The Morgan fingerprint density at radius 1 is 0.927 bits per heavy atom. The first kappa shape index (κ1) is 27.8. The fourth-order valence-corrected chi connectivity index (χ4v) is 5.08. The number of anilines is 1. The zero-order valence-electron chi connectivity index (χ0n) is 22.4. The smallest absolute Gasteiger partial charge is 0.294 e. The van der Waals surface area contributed by atoms with Crippen LogP contribution in [0.25, 0.3) is 6.08 Å². The van der Waals surface area contributed by atoms with Gasteiger partial charge < -0.3 is 10.1 Å². The van der Waals surface area contributed by atoms with E-state index in [2.05, 4.69) is 11.4 Å². The zero-order chi connectivity index (χ0) is 29.0. The highest BCUT2D eigenvalue weighted by atomic mass is 32.2. The number of hydrogen-bond donors (Lipinski definition) is 2. The molecule has 4 aromatic carbocycles. The molecule has 2 amide bonds. The number of nitrogens with zero attached hydrogens (tertiary/aromatic N) is 1. The Morgan fingerprint density at radius 3 is 2.37 bits per heavy atom. The monoisotopic (exact) mass is 567 g/mol. The number of primary sulfonamides is 1. The third-order valence-electron chi connectivity index (χ3n) is 6.68. The lowest BCUT2D eigenvalue weighted by Crippen LogP contribution is -2.36. The van der Waals surface area contributed by atoms with Crippen LogP contribution in [-0.2, 0) is 27.8 Å². The molecular weight excluding hydrogens is 538 g/mol. The number of amides is 2. The number of carbonyl (C=O) groups excluding carboxylic acids is 2. The van der Waals surface area contributed by atoms with E-state index in [9.17, 15) is 18.0 Å². The summed E-state index contributed by atoms with van der Waals surface area (Å²) in [6.45, 7) is 2.80. The molecule has 0 aromatic heterocycles. The lowest BCUT2D eigenvalue weighted by Gasteiger charge is -2.30. The number of nitrogens with two attached hydrogens (primary N) is 1. The number of ether oxygens (including phenoxy) is 1. The Bertz CT molecular complexity index is 1730. The van der Waals surface area contributed by atoms with Crippen molar-refractivity contribution in [1.82, 2.24) is 5.32 Å². The number of benzene rings is 4. The number of aryl methyl sites for hydroxylation is 1. The lowest BCUT2D eigenvalue weighted by molar-refractivity contribution is -0.117. The molecule has 8 nitrogen and oxygen atoms in total. The first-order chi connectivity index (χ1) is 19.7. The van der Waals surface area contributed by atoms with Crippen molar-refractivity contribution < 1.29 is 22.7 Å². The number of hydrogen-bond acceptors (Lipinski definition) is 5. The Labute approximate surface area is 239 Å². The van der Waals surface area contributed by atoms with E-state index in [1.165, 1.54) is 12.1 Å². The first-order valence-corrected chi connectivity index (χ1v) is 14.6. The van der Waals surface area contributed by atoms with Gasteiger partial charge in [0.15, 0.2) is 11.5 Å². The molecule has 41 heavy (non-hydrogen) atoms. The van der Waals surface area contributed by atoms with Gasteiger partial charge in [0, 0.05) is 12.1 Å². The van der Waals surface area contributed by atoms with Crippen molar-refractivity contribution in [2.24, 2.45) is 5.14 Å². The molecule has 0 spiro atoms. The van der Waals surface area contributed by atoms with Crippen molar-refractivity contribution in [2.45, 2.75) is 24.8 Å². The normalized spacial score (nSPS) is 14.0. The van der Waals surface area contributed by atoms with E-state index in [0.717, 1.165) is 22.3 Å². The number of carbonyl (C=O) groups is 2. The molecule has 1 aliphatic rings. The van der Waals surface area contributed by atoms with E-state index < -0.39 is 10.0 Å². The van der Waals surface area contributed by atoms with Crippen LogP contribution in [0, 0.1) is 6.92 Å². The molecule has 1 heterocycles. The Kier molecular flexibility index (Phi) is 8.00. The van der Waals surface area contributed by atoms with Crippen LogP contribution < -0.4 is 20.1 Å². The third kappa shape index (κ3) is 6.71. The van der Waals surface area contributed by atoms with Crippen LogP contribution in [0.15, 0.2) is 108 Å². The van der Waals surface area contributed by atoms with Gasteiger partial charge in [0.1, 0.15) is 0 Å². The average molecular weight is 568 g/mol. The van der Waals surface area contributed by atoms with Crippen molar-refractivity contribution in [3.63, 3.8) is 0 Å². The fourth-order valence-electron chi connectivity index (χ4n) is 4.56. The van der Waals surface area contributed by atoms with E-state index in [0.29, 0.717) is 36.5 Å². The molecular formula is C32H29N3O5S. The standard InChI is InChI=1S/C32H29N3O5S/c1-22-5-4-6-25(19-22)21-35-28-7-2-3-8-29(28)40-30(32(35)37)20-24-9-13-26(14-10-24)31(36)34-18-17-23-11-15-27(16-12-23)41(33,38)39/h2-16,19-20H,17-18,21H2,1H3,(H,34,36)(H2,33,38,39)/b30-20+. The molecule has 3 N–H and O–H groups in total. The zero-order valence-corrected chi connectivity index (χ0v) is 23.2. The largest absolute Gasteiger partial charge is 0.449 e. The topological polar surface area (TPSA) is 119 Å². The number of sulfonamides is 1. The maximum atomic E-state index is 13.5. The quantitative estimate of drug-likeness (QED) is 0.302. The predicted octanol–water partition coefficient (Wildman–Crippen LogP) is 4.58. The van der Waals surface area contributed by atoms with E-state index in [4.69, 9.17) is 9.88 Å². The summed E-state index contributed by atoms with van der Waals surface area (Å²) < 4.78 is 28.8. The second kappa shape index (κ2) is 11.8. The van der Waals surface area contributed by atoms with Gasteiger partial charge in [-0.3, -0.25) is 14.5 Å². The lowest BCUT2D eigenvalue weighted by atomic mass is 10.1. The molecule has 9 heteroatoms. The molecule has 0 fully saturated rings. The minimum atomic E-state index is -3.74. The Balaban J connectivity index is 1.25. The molecule has 4 aromatic rings. The molecule has 0 saturated carbocycles. The van der Waals surface area contributed by atoms with Crippen LogP contribution in [0.1, 0.15) is 32.6 Å². The van der Waals surface area contributed by atoms with Crippen LogP contribution >= 0.6 is 0 Å². The van der Waals surface area contributed by atoms with Crippen molar-refractivity contribution in [3.05, 3.63) is 131 Å². The number of fused-ring (bicyclic) bond motifs is 1. The number of nitrogens with one attached hydrogen (secondary N) is 1. The third-order valence-corrected chi connectivity index (χ3v) is 7.61. The van der Waals surface area contributed by atoms with Crippen molar-refractivity contribution in [1.29, 1.82) is 0 Å². The molecule has 0 atom stereocenters. The van der Waals surface area contributed by atoms with Gasteiger partial charge in [-0.1, -0.05) is 66.2 Å². The minimum Gasteiger partial charge on any atom is -0.449 e. The van der Waals surface area contributed by atoms with Gasteiger partial charge in [0.05, 0.1) is 17.1 Å². The van der Waals surface area contributed by atoms with Crippen molar-refractivity contribution in [3.8, 4) is 5.75 Å². The Hall–Kier alpha value is -4.73. The fraction of sp³-hybridized carbons (Fsp3) is 0.125. The van der Waals surface area contributed by atoms with Gasteiger partial charge in [0.25, 0.3) is 11.8 Å². The predicted molar refractivity (Wildman–Crippen MR) is 158 cm³/mol. The van der Waals surface area contributed by atoms with Crippen LogP contribution in [0.3, 0.4) is 0 Å². The summed E-state index contributed by atoms with van der Waals surface area (Å²) in [5.41, 5.74) is 4.91. The van der Waals surface area contributed by atoms with Crippen LogP contribution in [0.4, 0.5) is 5.69 Å². The summed E-state index contributed by atoms with van der Waals surface area (Å²) in [7, 11) is -3.74. The summed E-state index contributed by atoms with van der Waals surface area (Å²) in [6.07, 6.45) is 2.20. The summed E-state index contributed by atoms with van der Waals surface area (Å²) in [6, 6.07) is 28.6. The SMILES string of the molecule is Cc1cccc(CN2C(=O)/C(=C\c3ccc(C(=O)NCCc4ccc(S(N)(=O)=O)cc4)cc3)Oc3ccccc32)c1. The van der Waals surface area contributed by atoms with Gasteiger partial charge in [0.2, 0.25) is 10.0 Å². The van der Waals surface area contributed by atoms with Gasteiger partial charge in [-0.2, -0.15) is 0 Å². The van der Waals surface area contributed by atoms with Crippen LogP contribution in [0.5, 0.6) is 5.75 Å². The minimum absolute atomic E-state index is 0.0452. The molecule has 0 aliphatic carbocycles. The van der Waals surface area contributed by atoms with E-state index in [1.54, 1.807) is 47.4 Å². The van der Waals surface area contributed by atoms with Crippen LogP contribution in [0.2, 0.25) is 0 Å². The number of rotatable bonds is 8. The molecule has 0 radical (unpaired) electrons. The molecule has 1 aliphatic heterocycles. The summed E-state index contributed by atoms with van der Waals surface area (Å²) in [5, 5.41) is 7.99. The summed E-state index contributed by atoms with van der Waals surface area (Å²) in [5.74, 6) is 0.307. The molecule has 5 rings (SSSR count).